The van der Waals surface area contributed by atoms with Crippen LogP contribution in [0, 0.1) is 0 Å². The number of hydrogen-bond donors (Lipinski definition) is 2. The third kappa shape index (κ3) is 4.13. The van der Waals surface area contributed by atoms with Gasteiger partial charge in [-0.25, -0.2) is 4.79 Å². The summed E-state index contributed by atoms with van der Waals surface area (Å²) in [5, 5.41) is 3.48. The van der Waals surface area contributed by atoms with E-state index in [9.17, 15) is 4.79 Å². The van der Waals surface area contributed by atoms with E-state index >= 15 is 0 Å². The number of nitrogens with zero attached hydrogens (tertiary/aromatic N) is 1. The van der Waals surface area contributed by atoms with Crippen LogP contribution in [0.15, 0.2) is 48.5 Å². The molecule has 0 aromatic heterocycles. The maximum absolute atomic E-state index is 12.3. The van der Waals surface area contributed by atoms with Gasteiger partial charge in [-0.15, -0.1) is 0 Å². The van der Waals surface area contributed by atoms with Gasteiger partial charge in [0.2, 0.25) is 0 Å². The Bertz CT molecular complexity index is 613. The van der Waals surface area contributed by atoms with Gasteiger partial charge in [0.1, 0.15) is 0 Å². The van der Waals surface area contributed by atoms with Crippen molar-refractivity contribution >= 4 is 29.0 Å². The Morgan fingerprint density at radius 3 is 2.48 bits per heavy atom. The van der Waals surface area contributed by atoms with E-state index < -0.39 is 0 Å². The molecule has 0 aliphatic heterocycles. The lowest BCUT2D eigenvalue weighted by Gasteiger charge is -2.22. The van der Waals surface area contributed by atoms with Gasteiger partial charge in [-0.05, 0) is 42.8 Å². The Balaban J connectivity index is 2.05. The number of urea groups is 1. The molecule has 0 aliphatic rings. The average molecular weight is 304 g/mol. The molecule has 21 heavy (non-hydrogen) atoms. The number of nitrogens with one attached hydrogen (secondary N) is 1. The largest absolute Gasteiger partial charge is 0.398 e. The highest BCUT2D eigenvalue weighted by molar-refractivity contribution is 6.30. The molecule has 110 valence electrons. The average Bonchev–Trinajstić information content (AvgIpc) is 2.48. The second-order valence-electron chi connectivity index (χ2n) is 4.65. The van der Waals surface area contributed by atoms with Crippen molar-refractivity contribution in [3.63, 3.8) is 0 Å². The molecule has 0 radical (unpaired) electrons. The minimum Gasteiger partial charge on any atom is -0.398 e. The fraction of sp³-hybridized carbons (Fsp3) is 0.188. The Morgan fingerprint density at radius 2 is 1.86 bits per heavy atom. The first-order chi connectivity index (χ1) is 10.1. The summed E-state index contributed by atoms with van der Waals surface area (Å²) >= 11 is 5.83. The fourth-order valence-electron chi connectivity index (χ4n) is 1.95. The number of nitrogen functional groups attached to an aromatic ring is 1. The number of para-hydroxylation sites is 1. The van der Waals surface area contributed by atoms with Crippen LogP contribution >= 0.6 is 11.6 Å². The van der Waals surface area contributed by atoms with E-state index in [1.165, 1.54) is 0 Å². The molecule has 0 spiro atoms. The van der Waals surface area contributed by atoms with Crippen molar-refractivity contribution in [1.29, 1.82) is 0 Å². The lowest BCUT2D eigenvalue weighted by molar-refractivity contribution is 0.212. The van der Waals surface area contributed by atoms with Crippen molar-refractivity contribution in [3.05, 3.63) is 59.1 Å². The number of benzene rings is 2. The van der Waals surface area contributed by atoms with Crippen molar-refractivity contribution in [3.8, 4) is 0 Å². The van der Waals surface area contributed by atoms with Crippen LogP contribution in [0.2, 0.25) is 5.02 Å². The van der Waals surface area contributed by atoms with Crippen LogP contribution in [0.4, 0.5) is 16.2 Å². The number of carbonyl (C=O) groups is 1. The van der Waals surface area contributed by atoms with Crippen molar-refractivity contribution in [1.82, 2.24) is 4.90 Å². The molecule has 0 saturated carbocycles. The monoisotopic (exact) mass is 303 g/mol. The van der Waals surface area contributed by atoms with Crippen LogP contribution < -0.4 is 11.1 Å². The van der Waals surface area contributed by atoms with Crippen molar-refractivity contribution in [2.24, 2.45) is 0 Å². The van der Waals surface area contributed by atoms with E-state index in [1.54, 1.807) is 29.2 Å². The summed E-state index contributed by atoms with van der Waals surface area (Å²) in [7, 11) is 0. The lowest BCUT2D eigenvalue weighted by atomic mass is 10.1. The Hall–Kier alpha value is -2.20. The number of amides is 2. The summed E-state index contributed by atoms with van der Waals surface area (Å²) in [5.74, 6) is 0. The van der Waals surface area contributed by atoms with E-state index in [2.05, 4.69) is 5.32 Å². The fourth-order valence-corrected chi connectivity index (χ4v) is 2.07. The Morgan fingerprint density at radius 1 is 1.19 bits per heavy atom. The predicted molar refractivity (Wildman–Crippen MR) is 87.4 cm³/mol. The zero-order valence-corrected chi connectivity index (χ0v) is 12.6. The van der Waals surface area contributed by atoms with Crippen LogP contribution in [-0.2, 0) is 6.54 Å². The second kappa shape index (κ2) is 6.99. The van der Waals surface area contributed by atoms with Gasteiger partial charge in [0.25, 0.3) is 0 Å². The van der Waals surface area contributed by atoms with Crippen LogP contribution in [0.3, 0.4) is 0 Å². The maximum atomic E-state index is 12.3. The molecule has 0 saturated heterocycles. The molecular formula is C16H18ClN3O. The van der Waals surface area contributed by atoms with Gasteiger partial charge in [-0.2, -0.15) is 0 Å². The summed E-state index contributed by atoms with van der Waals surface area (Å²) in [6, 6.07) is 14.4. The second-order valence-corrected chi connectivity index (χ2v) is 5.09. The first-order valence-electron chi connectivity index (χ1n) is 6.75. The topological polar surface area (TPSA) is 58.4 Å². The zero-order valence-electron chi connectivity index (χ0n) is 11.8. The molecule has 0 unspecified atom stereocenters. The normalized spacial score (nSPS) is 10.2. The van der Waals surface area contributed by atoms with Crippen molar-refractivity contribution < 1.29 is 4.79 Å². The first kappa shape index (κ1) is 15.2. The third-order valence-corrected chi connectivity index (χ3v) is 3.43. The van der Waals surface area contributed by atoms with Gasteiger partial charge in [0.05, 0.1) is 0 Å². The van der Waals surface area contributed by atoms with E-state index in [-0.39, 0.29) is 6.03 Å². The molecule has 2 aromatic rings. The van der Waals surface area contributed by atoms with Gasteiger partial charge in [-0.1, -0.05) is 29.8 Å². The van der Waals surface area contributed by atoms with Crippen LogP contribution in [0.1, 0.15) is 12.5 Å². The van der Waals surface area contributed by atoms with Gasteiger partial charge >= 0.3 is 6.03 Å². The van der Waals surface area contributed by atoms with E-state index in [0.717, 1.165) is 5.56 Å². The maximum Gasteiger partial charge on any atom is 0.322 e. The van der Waals surface area contributed by atoms with Gasteiger partial charge in [0.15, 0.2) is 0 Å². The number of rotatable bonds is 4. The molecule has 0 atom stereocenters. The summed E-state index contributed by atoms with van der Waals surface area (Å²) in [4.78, 5) is 14.0. The standard InChI is InChI=1S/C16H18ClN3O/c1-2-20(11-12-5-3-4-6-15(12)18)16(21)19-14-9-7-13(17)8-10-14/h3-10H,2,11,18H2,1H3,(H,19,21). The molecule has 0 heterocycles. The quantitative estimate of drug-likeness (QED) is 0.839. The van der Waals surface area contributed by atoms with E-state index in [0.29, 0.717) is 29.5 Å². The number of anilines is 2. The van der Waals surface area contributed by atoms with Crippen molar-refractivity contribution in [2.45, 2.75) is 13.5 Å². The lowest BCUT2D eigenvalue weighted by Crippen LogP contribution is -2.34. The van der Waals surface area contributed by atoms with Gasteiger partial charge in [-0.3, -0.25) is 0 Å². The van der Waals surface area contributed by atoms with Gasteiger partial charge in [0, 0.05) is 29.5 Å². The molecular weight excluding hydrogens is 286 g/mol. The summed E-state index contributed by atoms with van der Waals surface area (Å²) in [6.45, 7) is 3.00. The molecule has 2 rings (SSSR count). The SMILES string of the molecule is CCN(Cc1ccccc1N)C(=O)Nc1ccc(Cl)cc1. The first-order valence-corrected chi connectivity index (χ1v) is 7.13. The molecule has 2 amide bonds. The van der Waals surface area contributed by atoms with Crippen LogP contribution in [0.25, 0.3) is 0 Å². The molecule has 3 N–H and O–H groups in total. The highest BCUT2D eigenvalue weighted by Crippen LogP contribution is 2.16. The minimum absolute atomic E-state index is 0.164. The van der Waals surface area contributed by atoms with Crippen LogP contribution in [0.5, 0.6) is 0 Å². The van der Waals surface area contributed by atoms with E-state index in [1.807, 2.05) is 31.2 Å². The number of hydrogen-bond acceptors (Lipinski definition) is 2. The summed E-state index contributed by atoms with van der Waals surface area (Å²) < 4.78 is 0. The van der Waals surface area contributed by atoms with Crippen molar-refractivity contribution in [2.75, 3.05) is 17.6 Å². The Labute approximate surface area is 129 Å². The molecule has 2 aromatic carbocycles. The molecule has 4 nitrogen and oxygen atoms in total. The Kier molecular flexibility index (Phi) is 5.06. The van der Waals surface area contributed by atoms with Crippen LogP contribution in [-0.4, -0.2) is 17.5 Å². The molecule has 0 fully saturated rings. The van der Waals surface area contributed by atoms with Gasteiger partial charge < -0.3 is 16.0 Å². The highest BCUT2D eigenvalue weighted by atomic mass is 35.5. The summed E-state index contributed by atoms with van der Waals surface area (Å²) in [6.07, 6.45) is 0. The third-order valence-electron chi connectivity index (χ3n) is 3.18. The minimum atomic E-state index is -0.164. The summed E-state index contributed by atoms with van der Waals surface area (Å²) in [5.41, 5.74) is 8.26. The molecule has 0 aliphatic carbocycles. The number of nitrogens with two attached hydrogens (primary N) is 1. The van der Waals surface area contributed by atoms with E-state index in [4.69, 9.17) is 17.3 Å². The molecule has 0 bridgehead atoms. The number of carbonyl (C=O) groups excluding carboxylic acids is 1. The number of halogens is 1. The molecule has 5 heteroatoms. The smallest absolute Gasteiger partial charge is 0.322 e. The zero-order chi connectivity index (χ0) is 15.2. The highest BCUT2D eigenvalue weighted by Gasteiger charge is 2.13. The predicted octanol–water partition coefficient (Wildman–Crippen LogP) is 3.98.